The minimum absolute atomic E-state index is 0.163. The lowest BCUT2D eigenvalue weighted by atomic mass is 10.3. The van der Waals surface area contributed by atoms with Gasteiger partial charge in [-0.05, 0) is 12.1 Å². The molecule has 7 nitrogen and oxygen atoms in total. The van der Waals surface area contributed by atoms with Gasteiger partial charge in [-0.1, -0.05) is 23.5 Å². The summed E-state index contributed by atoms with van der Waals surface area (Å²) in [4.78, 5) is 29.5. The molecule has 148 valence electrons. The van der Waals surface area contributed by atoms with E-state index in [2.05, 4.69) is 16.0 Å². The number of fused-ring (bicyclic) bond motifs is 1. The van der Waals surface area contributed by atoms with Crippen LogP contribution in [0.15, 0.2) is 24.3 Å². The minimum Gasteiger partial charge on any atom is -0.475 e. The van der Waals surface area contributed by atoms with E-state index < -0.39 is 12.1 Å². The maximum atomic E-state index is 11.8. The number of alkyl halides is 3. The van der Waals surface area contributed by atoms with Crippen molar-refractivity contribution in [3.05, 3.63) is 24.3 Å². The lowest BCUT2D eigenvalue weighted by Gasteiger charge is -2.34. The quantitative estimate of drug-likeness (QED) is 0.811. The van der Waals surface area contributed by atoms with Crippen LogP contribution in [0, 0.1) is 0 Å². The first-order chi connectivity index (χ1) is 12.7. The molecule has 1 aliphatic rings. The third-order valence-corrected chi connectivity index (χ3v) is 4.88. The van der Waals surface area contributed by atoms with Crippen molar-refractivity contribution in [2.45, 2.75) is 12.6 Å². The van der Waals surface area contributed by atoms with E-state index in [0.29, 0.717) is 13.0 Å². The zero-order chi connectivity index (χ0) is 20.0. The number of piperazine rings is 1. The van der Waals surface area contributed by atoms with Crippen LogP contribution in [0.5, 0.6) is 0 Å². The molecule has 1 aromatic carbocycles. The highest BCUT2D eigenvalue weighted by molar-refractivity contribution is 7.22. The summed E-state index contributed by atoms with van der Waals surface area (Å²) >= 11 is 1.72. The first-order valence-electron chi connectivity index (χ1n) is 8.11. The molecule has 0 radical (unpaired) electrons. The van der Waals surface area contributed by atoms with Crippen LogP contribution in [0.3, 0.4) is 0 Å². The number of amides is 1. The molecule has 1 aromatic heterocycles. The third-order valence-electron chi connectivity index (χ3n) is 3.79. The molecule has 0 aliphatic carbocycles. The number of aromatic nitrogens is 1. The smallest absolute Gasteiger partial charge is 0.475 e. The fraction of sp³-hybridized carbons (Fsp3) is 0.438. The molecule has 1 aliphatic heterocycles. The number of carboxylic acids is 1. The number of anilines is 1. The Morgan fingerprint density at radius 3 is 2.30 bits per heavy atom. The molecule has 1 fully saturated rings. The summed E-state index contributed by atoms with van der Waals surface area (Å²) in [6.45, 7) is 3.63. The largest absolute Gasteiger partial charge is 0.490 e. The van der Waals surface area contributed by atoms with Crippen LogP contribution in [0.25, 0.3) is 10.2 Å². The number of carbonyl (C=O) groups is 2. The van der Waals surface area contributed by atoms with Gasteiger partial charge in [-0.2, -0.15) is 13.2 Å². The van der Waals surface area contributed by atoms with Gasteiger partial charge >= 0.3 is 12.1 Å². The van der Waals surface area contributed by atoms with Crippen LogP contribution in [0.2, 0.25) is 0 Å². The number of halogens is 3. The van der Waals surface area contributed by atoms with E-state index in [1.165, 1.54) is 4.70 Å². The summed E-state index contributed by atoms with van der Waals surface area (Å²) in [7, 11) is 0. The highest BCUT2D eigenvalue weighted by Crippen LogP contribution is 2.29. The Morgan fingerprint density at radius 1 is 1.19 bits per heavy atom. The molecule has 11 heteroatoms. The summed E-state index contributed by atoms with van der Waals surface area (Å²) in [6.07, 6.45) is -4.64. The molecule has 3 N–H and O–H groups in total. The van der Waals surface area contributed by atoms with Gasteiger partial charge < -0.3 is 20.6 Å². The van der Waals surface area contributed by atoms with Crippen molar-refractivity contribution in [1.29, 1.82) is 0 Å². The molecule has 2 aromatic rings. The maximum absolute atomic E-state index is 11.8. The lowest BCUT2D eigenvalue weighted by Crippen LogP contribution is -2.49. The first kappa shape index (κ1) is 20.9. The van der Waals surface area contributed by atoms with Crippen molar-refractivity contribution >= 4 is 38.6 Å². The molecular weight excluding hydrogens is 385 g/mol. The average molecular weight is 404 g/mol. The highest BCUT2D eigenvalue weighted by atomic mass is 32.1. The Kier molecular flexibility index (Phi) is 6.97. The number of carboxylic acid groups (broad SMARTS) is 1. The van der Waals surface area contributed by atoms with E-state index in [1.807, 2.05) is 23.1 Å². The molecule has 0 atom stereocenters. The van der Waals surface area contributed by atoms with Crippen LogP contribution in [0.1, 0.15) is 6.42 Å². The van der Waals surface area contributed by atoms with E-state index in [9.17, 15) is 18.0 Å². The predicted molar refractivity (Wildman–Crippen MR) is 95.8 cm³/mol. The van der Waals surface area contributed by atoms with Crippen molar-refractivity contribution in [3.8, 4) is 0 Å². The Balaban J connectivity index is 0.000000321. The van der Waals surface area contributed by atoms with Crippen molar-refractivity contribution < 1.29 is 27.9 Å². The molecule has 0 unspecified atom stereocenters. The fourth-order valence-corrected chi connectivity index (χ4v) is 3.44. The van der Waals surface area contributed by atoms with Crippen LogP contribution >= 0.6 is 11.3 Å². The zero-order valence-electron chi connectivity index (χ0n) is 14.3. The Morgan fingerprint density at radius 2 is 1.78 bits per heavy atom. The van der Waals surface area contributed by atoms with Crippen LogP contribution in [0.4, 0.5) is 18.3 Å². The number of thiazole rings is 1. The van der Waals surface area contributed by atoms with Gasteiger partial charge in [-0.15, -0.1) is 0 Å². The van der Waals surface area contributed by atoms with Crippen LogP contribution in [-0.2, 0) is 9.59 Å². The van der Waals surface area contributed by atoms with Crippen LogP contribution in [-0.4, -0.2) is 65.8 Å². The normalized spacial score (nSPS) is 14.7. The predicted octanol–water partition coefficient (Wildman–Crippen LogP) is 1.93. The van der Waals surface area contributed by atoms with Gasteiger partial charge in [0.2, 0.25) is 5.91 Å². The molecule has 27 heavy (non-hydrogen) atoms. The van der Waals surface area contributed by atoms with Crippen LogP contribution < -0.4 is 10.6 Å². The maximum Gasteiger partial charge on any atom is 0.490 e. The average Bonchev–Trinajstić information content (AvgIpc) is 3.06. The van der Waals surface area contributed by atoms with Gasteiger partial charge in [-0.3, -0.25) is 4.79 Å². The summed E-state index contributed by atoms with van der Waals surface area (Å²) in [5, 5.41) is 8.18. The number of hydrogen-bond donors (Lipinski definition) is 2. The fourth-order valence-electron chi connectivity index (χ4n) is 2.42. The topological polar surface area (TPSA) is 99.8 Å². The summed E-state index contributed by atoms with van der Waals surface area (Å²) in [6, 6.07) is 8.18. The van der Waals surface area contributed by atoms with E-state index in [4.69, 9.17) is 15.6 Å². The van der Waals surface area contributed by atoms with E-state index >= 15 is 0 Å². The number of benzene rings is 1. The Bertz CT molecular complexity index is 756. The van der Waals surface area contributed by atoms with Crippen molar-refractivity contribution in [2.75, 3.05) is 37.6 Å². The second-order valence-corrected chi connectivity index (χ2v) is 6.68. The Hall–Kier alpha value is -2.40. The van der Waals surface area contributed by atoms with Gasteiger partial charge in [-0.25, -0.2) is 9.78 Å². The lowest BCUT2D eigenvalue weighted by molar-refractivity contribution is -0.192. The number of carbonyl (C=O) groups excluding carboxylic acids is 1. The molecule has 2 heterocycles. The highest BCUT2D eigenvalue weighted by Gasteiger charge is 2.38. The molecule has 0 spiro atoms. The van der Waals surface area contributed by atoms with Crippen molar-refractivity contribution in [1.82, 2.24) is 9.88 Å². The van der Waals surface area contributed by atoms with Gasteiger partial charge in [0.1, 0.15) is 0 Å². The van der Waals surface area contributed by atoms with Gasteiger partial charge in [0.05, 0.1) is 10.2 Å². The van der Waals surface area contributed by atoms with Gasteiger partial charge in [0.15, 0.2) is 5.13 Å². The summed E-state index contributed by atoms with van der Waals surface area (Å²) < 4.78 is 32.9. The standard InChI is InChI=1S/C14H18N4OS.C2HF3O2/c15-6-5-13(19)17-7-9-18(10-8-17)14-16-11-3-1-2-4-12(11)20-14;3-2(4,5)1(6)7/h1-4H,5-10,15H2;(H,6,7). The van der Waals surface area contributed by atoms with Gasteiger partial charge in [0.25, 0.3) is 0 Å². The second-order valence-electron chi connectivity index (χ2n) is 5.67. The number of hydrogen-bond acceptors (Lipinski definition) is 6. The zero-order valence-corrected chi connectivity index (χ0v) is 15.1. The van der Waals surface area contributed by atoms with E-state index in [-0.39, 0.29) is 5.91 Å². The number of nitrogens with zero attached hydrogens (tertiary/aromatic N) is 3. The van der Waals surface area contributed by atoms with Crippen molar-refractivity contribution in [2.24, 2.45) is 5.73 Å². The second kappa shape index (κ2) is 9.00. The SMILES string of the molecule is NCCC(=O)N1CCN(c2nc3ccccc3s2)CC1.O=C(O)C(F)(F)F. The number of para-hydroxylation sites is 1. The minimum atomic E-state index is -5.08. The number of nitrogens with two attached hydrogens (primary N) is 1. The van der Waals surface area contributed by atoms with E-state index in [0.717, 1.165) is 36.8 Å². The molecule has 0 saturated carbocycles. The third kappa shape index (κ3) is 5.79. The number of aliphatic carboxylic acids is 1. The van der Waals surface area contributed by atoms with E-state index in [1.54, 1.807) is 11.3 Å². The summed E-state index contributed by atoms with van der Waals surface area (Å²) in [5.41, 5.74) is 6.48. The number of rotatable bonds is 3. The van der Waals surface area contributed by atoms with Gasteiger partial charge in [0, 0.05) is 39.1 Å². The Labute approximate surface area is 157 Å². The van der Waals surface area contributed by atoms with Crippen molar-refractivity contribution in [3.63, 3.8) is 0 Å². The summed E-state index contributed by atoms with van der Waals surface area (Å²) in [5.74, 6) is -2.59. The molecule has 1 saturated heterocycles. The molecule has 1 amide bonds. The first-order valence-corrected chi connectivity index (χ1v) is 8.92. The molecular formula is C16H19F3N4O3S. The molecule has 0 bridgehead atoms. The molecule has 3 rings (SSSR count). The monoisotopic (exact) mass is 404 g/mol.